The van der Waals surface area contributed by atoms with Crippen molar-refractivity contribution in [2.75, 3.05) is 6.54 Å². The molecule has 0 aliphatic carbocycles. The predicted molar refractivity (Wildman–Crippen MR) is 55.0 cm³/mol. The molecule has 0 rings (SSSR count). The zero-order chi connectivity index (χ0) is 9.40. The van der Waals surface area contributed by atoms with Gasteiger partial charge < -0.3 is 5.73 Å². The minimum absolute atomic E-state index is 0.240. The van der Waals surface area contributed by atoms with E-state index in [4.69, 9.17) is 5.73 Å². The van der Waals surface area contributed by atoms with E-state index in [1.54, 1.807) is 6.34 Å². The van der Waals surface area contributed by atoms with Crippen LogP contribution in [-0.4, -0.2) is 24.6 Å². The fraction of sp³-hybridized carbons (Fsp3) is 0.778. The topological polar surface area (TPSA) is 50.7 Å². The van der Waals surface area contributed by atoms with Gasteiger partial charge in [0.25, 0.3) is 0 Å². The second-order valence-electron chi connectivity index (χ2n) is 2.85. The van der Waals surface area contributed by atoms with E-state index in [-0.39, 0.29) is 6.04 Å². The molecule has 12 heavy (non-hydrogen) atoms. The van der Waals surface area contributed by atoms with Crippen LogP contribution in [0.1, 0.15) is 33.6 Å². The van der Waals surface area contributed by atoms with Crippen LogP contribution in [0.2, 0.25) is 0 Å². The van der Waals surface area contributed by atoms with Crippen molar-refractivity contribution >= 4 is 12.1 Å². The molecule has 3 nitrogen and oxygen atoms in total. The van der Waals surface area contributed by atoms with Crippen molar-refractivity contribution in [3.05, 3.63) is 0 Å². The first kappa shape index (κ1) is 11.3. The SMILES string of the molecule is CC/N=C\N=C(/C)CC(N)CC. The molecule has 1 unspecified atom stereocenters. The maximum Gasteiger partial charge on any atom is 0.109 e. The zero-order valence-electron chi connectivity index (χ0n) is 8.25. The molecular weight excluding hydrogens is 150 g/mol. The fourth-order valence-corrected chi connectivity index (χ4v) is 0.798. The summed E-state index contributed by atoms with van der Waals surface area (Å²) >= 11 is 0. The summed E-state index contributed by atoms with van der Waals surface area (Å²) in [7, 11) is 0. The van der Waals surface area contributed by atoms with Crippen LogP contribution in [0.25, 0.3) is 0 Å². The van der Waals surface area contributed by atoms with Gasteiger partial charge in [0.15, 0.2) is 0 Å². The lowest BCUT2D eigenvalue weighted by molar-refractivity contribution is 0.674. The molecule has 0 amide bonds. The number of hydrogen-bond donors (Lipinski definition) is 1. The molecule has 0 aromatic heterocycles. The Morgan fingerprint density at radius 2 is 2.17 bits per heavy atom. The summed E-state index contributed by atoms with van der Waals surface area (Å²) < 4.78 is 0. The molecule has 0 saturated heterocycles. The lowest BCUT2D eigenvalue weighted by Crippen LogP contribution is -2.21. The summed E-state index contributed by atoms with van der Waals surface area (Å²) in [6, 6.07) is 0.240. The summed E-state index contributed by atoms with van der Waals surface area (Å²) in [6.45, 7) is 6.84. The highest BCUT2D eigenvalue weighted by Gasteiger charge is 1.99. The molecule has 3 heteroatoms. The van der Waals surface area contributed by atoms with Crippen LogP contribution in [0, 0.1) is 0 Å². The van der Waals surface area contributed by atoms with Crippen molar-refractivity contribution in [3.63, 3.8) is 0 Å². The molecule has 1 atom stereocenters. The number of rotatable bonds is 5. The third kappa shape index (κ3) is 6.04. The van der Waals surface area contributed by atoms with Gasteiger partial charge in [-0.2, -0.15) is 0 Å². The lowest BCUT2D eigenvalue weighted by atomic mass is 10.1. The van der Waals surface area contributed by atoms with Crippen LogP contribution < -0.4 is 5.73 Å². The Labute approximate surface area is 74.8 Å². The molecule has 70 valence electrons. The summed E-state index contributed by atoms with van der Waals surface area (Å²) in [5.41, 5.74) is 6.81. The minimum Gasteiger partial charge on any atom is -0.327 e. The molecule has 0 spiro atoms. The van der Waals surface area contributed by atoms with Gasteiger partial charge in [-0.05, 0) is 20.3 Å². The Hall–Kier alpha value is -0.700. The Morgan fingerprint density at radius 3 is 2.67 bits per heavy atom. The van der Waals surface area contributed by atoms with Gasteiger partial charge in [-0.25, -0.2) is 4.99 Å². The van der Waals surface area contributed by atoms with Crippen molar-refractivity contribution in [3.8, 4) is 0 Å². The monoisotopic (exact) mass is 169 g/mol. The Bertz CT molecular complexity index is 161. The average Bonchev–Trinajstić information content (AvgIpc) is 2.05. The van der Waals surface area contributed by atoms with Gasteiger partial charge in [0.1, 0.15) is 6.34 Å². The van der Waals surface area contributed by atoms with Crippen LogP contribution in [0.5, 0.6) is 0 Å². The molecule has 0 fully saturated rings. The van der Waals surface area contributed by atoms with E-state index >= 15 is 0 Å². The summed E-state index contributed by atoms with van der Waals surface area (Å²) in [4.78, 5) is 8.14. The molecule has 0 radical (unpaired) electrons. The van der Waals surface area contributed by atoms with Crippen LogP contribution in [0.15, 0.2) is 9.98 Å². The average molecular weight is 169 g/mol. The van der Waals surface area contributed by atoms with Crippen molar-refractivity contribution in [1.82, 2.24) is 0 Å². The normalized spacial score (nSPS) is 15.5. The van der Waals surface area contributed by atoms with E-state index in [1.165, 1.54) is 0 Å². The number of nitrogens with zero attached hydrogens (tertiary/aromatic N) is 2. The first-order chi connectivity index (χ1) is 5.70. The number of aliphatic imine (C=N–C) groups is 2. The van der Waals surface area contributed by atoms with Crippen molar-refractivity contribution in [2.45, 2.75) is 39.7 Å². The van der Waals surface area contributed by atoms with E-state index in [0.29, 0.717) is 0 Å². The zero-order valence-corrected chi connectivity index (χ0v) is 8.25. The maximum absolute atomic E-state index is 5.75. The van der Waals surface area contributed by atoms with Crippen molar-refractivity contribution < 1.29 is 0 Å². The van der Waals surface area contributed by atoms with Crippen molar-refractivity contribution in [2.24, 2.45) is 15.7 Å². The van der Waals surface area contributed by atoms with E-state index in [1.807, 2.05) is 13.8 Å². The molecular formula is C9H19N3. The highest BCUT2D eigenvalue weighted by Crippen LogP contribution is 1.95. The third-order valence-corrected chi connectivity index (χ3v) is 1.62. The van der Waals surface area contributed by atoms with E-state index in [9.17, 15) is 0 Å². The van der Waals surface area contributed by atoms with Gasteiger partial charge in [0, 0.05) is 24.7 Å². The summed E-state index contributed by atoms with van der Waals surface area (Å²) in [5, 5.41) is 0. The predicted octanol–water partition coefficient (Wildman–Crippen LogP) is 1.62. The highest BCUT2D eigenvalue weighted by atomic mass is 14.9. The fourth-order valence-electron chi connectivity index (χ4n) is 0.798. The molecule has 0 aliphatic rings. The third-order valence-electron chi connectivity index (χ3n) is 1.62. The number of nitrogens with two attached hydrogens (primary N) is 1. The molecule has 2 N–H and O–H groups in total. The van der Waals surface area contributed by atoms with E-state index < -0.39 is 0 Å². The molecule has 0 aromatic rings. The van der Waals surface area contributed by atoms with Gasteiger partial charge in [-0.15, -0.1) is 0 Å². The second kappa shape index (κ2) is 6.98. The molecule has 0 heterocycles. The summed E-state index contributed by atoms with van der Waals surface area (Å²) in [5.74, 6) is 0. The standard InChI is InChI=1S/C9H19N3/c1-4-9(10)6-8(3)12-7-11-5-2/h7,9H,4-6,10H2,1-3H3/b11-7-,12-8+. The first-order valence-corrected chi connectivity index (χ1v) is 4.47. The second-order valence-corrected chi connectivity index (χ2v) is 2.85. The van der Waals surface area contributed by atoms with E-state index in [0.717, 1.165) is 25.1 Å². The van der Waals surface area contributed by atoms with Gasteiger partial charge in [0.05, 0.1) is 0 Å². The van der Waals surface area contributed by atoms with Gasteiger partial charge in [-0.1, -0.05) is 6.92 Å². The number of hydrogen-bond acceptors (Lipinski definition) is 2. The van der Waals surface area contributed by atoms with Crippen LogP contribution in [0.4, 0.5) is 0 Å². The smallest absolute Gasteiger partial charge is 0.109 e. The molecule has 0 bridgehead atoms. The quantitative estimate of drug-likeness (QED) is 0.493. The van der Waals surface area contributed by atoms with Crippen molar-refractivity contribution in [1.29, 1.82) is 0 Å². The maximum atomic E-state index is 5.75. The van der Waals surface area contributed by atoms with Crippen LogP contribution in [-0.2, 0) is 0 Å². The van der Waals surface area contributed by atoms with Gasteiger partial charge in [0.2, 0.25) is 0 Å². The van der Waals surface area contributed by atoms with Gasteiger partial charge in [-0.3, -0.25) is 4.99 Å². The summed E-state index contributed by atoms with van der Waals surface area (Å²) in [6.07, 6.45) is 3.47. The minimum atomic E-state index is 0.240. The van der Waals surface area contributed by atoms with Crippen LogP contribution in [0.3, 0.4) is 0 Å². The Morgan fingerprint density at radius 1 is 1.50 bits per heavy atom. The van der Waals surface area contributed by atoms with Crippen LogP contribution >= 0.6 is 0 Å². The molecule has 0 saturated carbocycles. The van der Waals surface area contributed by atoms with Gasteiger partial charge >= 0.3 is 0 Å². The lowest BCUT2D eigenvalue weighted by Gasteiger charge is -2.06. The molecule has 0 aliphatic heterocycles. The highest BCUT2D eigenvalue weighted by molar-refractivity contribution is 5.88. The largest absolute Gasteiger partial charge is 0.327 e. The Kier molecular flexibility index (Phi) is 6.57. The van der Waals surface area contributed by atoms with E-state index in [2.05, 4.69) is 16.9 Å². The molecule has 0 aromatic carbocycles. The Balaban J connectivity index is 3.77. The first-order valence-electron chi connectivity index (χ1n) is 4.47.